The molecular weight excluding hydrogens is 516 g/mol. The number of aryl methyl sites for hydroxylation is 2. The Morgan fingerprint density at radius 1 is 0.326 bits per heavy atom. The first-order valence-corrected chi connectivity index (χ1v) is 20.2. The third-order valence-electron chi connectivity index (χ3n) is 9.97. The van der Waals surface area contributed by atoms with Crippen molar-refractivity contribution in [2.45, 2.75) is 232 Å². The molecule has 0 saturated heterocycles. The first-order chi connectivity index (χ1) is 21.3. The third-order valence-corrected chi connectivity index (χ3v) is 9.97. The summed E-state index contributed by atoms with van der Waals surface area (Å²) in [6, 6.07) is 6.97. The molecule has 0 fully saturated rings. The SMILES string of the molecule is [CH2]c1c(CCCCCCCCCCCCCCCCCC)cccc1CCCCCCCCCCCCCCCCCC. The van der Waals surface area contributed by atoms with E-state index in [1.54, 1.807) is 0 Å². The minimum absolute atomic E-state index is 1.23. The third kappa shape index (κ3) is 26.2. The van der Waals surface area contributed by atoms with Crippen molar-refractivity contribution in [3.05, 3.63) is 41.8 Å². The zero-order valence-corrected chi connectivity index (χ0v) is 30.0. The minimum Gasteiger partial charge on any atom is -0.0654 e. The molecular formula is C43H79. The van der Waals surface area contributed by atoms with E-state index in [2.05, 4.69) is 39.0 Å². The molecule has 0 amide bonds. The Balaban J connectivity index is 1.91. The van der Waals surface area contributed by atoms with Gasteiger partial charge in [0.1, 0.15) is 0 Å². The molecule has 0 N–H and O–H groups in total. The van der Waals surface area contributed by atoms with Crippen molar-refractivity contribution in [2.75, 3.05) is 0 Å². The van der Waals surface area contributed by atoms with Gasteiger partial charge in [0.25, 0.3) is 0 Å². The van der Waals surface area contributed by atoms with Crippen LogP contribution in [0.4, 0.5) is 0 Å². The highest BCUT2D eigenvalue weighted by atomic mass is 14.1. The molecule has 0 aromatic heterocycles. The summed E-state index contributed by atoms with van der Waals surface area (Å²) in [7, 11) is 0. The Hall–Kier alpha value is -0.780. The van der Waals surface area contributed by atoms with Gasteiger partial charge in [-0.3, -0.25) is 0 Å². The second kappa shape index (κ2) is 32.6. The minimum atomic E-state index is 1.23. The van der Waals surface area contributed by atoms with Gasteiger partial charge in [-0.15, -0.1) is 0 Å². The molecule has 0 spiro atoms. The van der Waals surface area contributed by atoms with Crippen LogP contribution < -0.4 is 0 Å². The number of benzene rings is 1. The summed E-state index contributed by atoms with van der Waals surface area (Å²) in [5.74, 6) is 0. The monoisotopic (exact) mass is 596 g/mol. The van der Waals surface area contributed by atoms with E-state index in [1.165, 1.54) is 235 Å². The summed E-state index contributed by atoms with van der Waals surface area (Å²) < 4.78 is 0. The molecule has 0 aliphatic heterocycles. The Bertz CT molecular complexity index is 618. The van der Waals surface area contributed by atoms with Gasteiger partial charge < -0.3 is 0 Å². The standard InChI is InChI=1S/C43H79/c1-4-6-8-10-12-14-16-18-20-22-24-26-28-30-32-34-37-42-39-36-40-43(41(42)3)38-35-33-31-29-27-25-23-21-19-17-15-13-11-9-7-5-2/h36,39-40H,3-35,37-38H2,1-2H3. The highest BCUT2D eigenvalue weighted by Crippen LogP contribution is 2.21. The lowest BCUT2D eigenvalue weighted by molar-refractivity contribution is 0.529. The van der Waals surface area contributed by atoms with Crippen LogP contribution in [-0.2, 0) is 12.8 Å². The maximum atomic E-state index is 4.50. The van der Waals surface area contributed by atoms with Crippen LogP contribution in [0.25, 0.3) is 0 Å². The average molecular weight is 596 g/mol. The van der Waals surface area contributed by atoms with Gasteiger partial charge in [0, 0.05) is 0 Å². The average Bonchev–Trinajstić information content (AvgIpc) is 3.02. The molecule has 251 valence electrons. The lowest BCUT2D eigenvalue weighted by atomic mass is 9.94. The summed E-state index contributed by atoms with van der Waals surface area (Å²) in [5.41, 5.74) is 4.38. The molecule has 43 heavy (non-hydrogen) atoms. The van der Waals surface area contributed by atoms with Crippen LogP contribution >= 0.6 is 0 Å². The van der Waals surface area contributed by atoms with Crippen molar-refractivity contribution in [3.8, 4) is 0 Å². The number of unbranched alkanes of at least 4 members (excludes halogenated alkanes) is 30. The van der Waals surface area contributed by atoms with E-state index in [0.717, 1.165) is 0 Å². The van der Waals surface area contributed by atoms with Crippen molar-refractivity contribution >= 4 is 0 Å². The molecule has 1 aromatic carbocycles. The Kier molecular flexibility index (Phi) is 30.5. The van der Waals surface area contributed by atoms with Gasteiger partial charge >= 0.3 is 0 Å². The van der Waals surface area contributed by atoms with Crippen LogP contribution in [-0.4, -0.2) is 0 Å². The fraction of sp³-hybridized carbons (Fsp3) is 0.837. The lowest BCUT2D eigenvalue weighted by Crippen LogP contribution is -1.97. The maximum Gasteiger partial charge on any atom is -0.0233 e. The Morgan fingerprint density at radius 2 is 0.535 bits per heavy atom. The van der Waals surface area contributed by atoms with E-state index in [0.29, 0.717) is 0 Å². The normalized spacial score (nSPS) is 11.5. The van der Waals surface area contributed by atoms with Crippen LogP contribution in [0.2, 0.25) is 0 Å². The number of rotatable bonds is 34. The summed E-state index contributed by atoms with van der Waals surface area (Å²) in [4.78, 5) is 0. The van der Waals surface area contributed by atoms with Gasteiger partial charge in [-0.05, 0) is 49.3 Å². The van der Waals surface area contributed by atoms with Gasteiger partial charge in [0.15, 0.2) is 0 Å². The van der Waals surface area contributed by atoms with E-state index in [1.807, 2.05) is 0 Å². The highest BCUT2D eigenvalue weighted by Gasteiger charge is 2.05. The van der Waals surface area contributed by atoms with Gasteiger partial charge in [-0.1, -0.05) is 225 Å². The van der Waals surface area contributed by atoms with Crippen molar-refractivity contribution in [1.82, 2.24) is 0 Å². The van der Waals surface area contributed by atoms with Gasteiger partial charge in [-0.25, -0.2) is 0 Å². The molecule has 1 aromatic rings. The van der Waals surface area contributed by atoms with Crippen molar-refractivity contribution in [2.24, 2.45) is 0 Å². The van der Waals surface area contributed by atoms with Crippen molar-refractivity contribution in [1.29, 1.82) is 0 Å². The molecule has 1 rings (SSSR count). The van der Waals surface area contributed by atoms with Gasteiger partial charge in [-0.2, -0.15) is 0 Å². The molecule has 1 radical (unpaired) electrons. The van der Waals surface area contributed by atoms with E-state index >= 15 is 0 Å². The van der Waals surface area contributed by atoms with Crippen LogP contribution in [0.3, 0.4) is 0 Å². The summed E-state index contributed by atoms with van der Waals surface area (Å²) in [6.45, 7) is 9.12. The molecule has 0 nitrogen and oxygen atoms in total. The van der Waals surface area contributed by atoms with Gasteiger partial charge in [0.05, 0.1) is 0 Å². The zero-order chi connectivity index (χ0) is 30.9. The predicted octanol–water partition coefficient (Wildman–Crippen LogP) is 15.5. The molecule has 0 unspecified atom stereocenters. The molecule has 0 bridgehead atoms. The van der Waals surface area contributed by atoms with Crippen LogP contribution in [0, 0.1) is 6.92 Å². The second-order valence-electron chi connectivity index (χ2n) is 14.2. The number of hydrogen-bond donors (Lipinski definition) is 0. The Morgan fingerprint density at radius 3 is 0.767 bits per heavy atom. The van der Waals surface area contributed by atoms with E-state index in [4.69, 9.17) is 0 Å². The van der Waals surface area contributed by atoms with Crippen molar-refractivity contribution < 1.29 is 0 Å². The van der Waals surface area contributed by atoms with Gasteiger partial charge in [0.2, 0.25) is 0 Å². The zero-order valence-electron chi connectivity index (χ0n) is 30.0. The fourth-order valence-corrected chi connectivity index (χ4v) is 6.88. The Labute approximate surface area is 273 Å². The molecule has 0 saturated carbocycles. The summed E-state index contributed by atoms with van der Waals surface area (Å²) in [5, 5.41) is 0. The molecule has 0 heterocycles. The maximum absolute atomic E-state index is 4.50. The van der Waals surface area contributed by atoms with Crippen LogP contribution in [0.1, 0.15) is 236 Å². The van der Waals surface area contributed by atoms with E-state index in [-0.39, 0.29) is 0 Å². The predicted molar refractivity (Wildman–Crippen MR) is 197 cm³/mol. The smallest absolute Gasteiger partial charge is 0.0233 e. The van der Waals surface area contributed by atoms with E-state index < -0.39 is 0 Å². The largest absolute Gasteiger partial charge is 0.0654 e. The first-order valence-electron chi connectivity index (χ1n) is 20.2. The fourth-order valence-electron chi connectivity index (χ4n) is 6.88. The van der Waals surface area contributed by atoms with Crippen LogP contribution in [0.15, 0.2) is 18.2 Å². The second-order valence-corrected chi connectivity index (χ2v) is 14.2. The summed E-state index contributed by atoms with van der Waals surface area (Å²) >= 11 is 0. The molecule has 0 aliphatic carbocycles. The topological polar surface area (TPSA) is 0 Å². The highest BCUT2D eigenvalue weighted by molar-refractivity contribution is 5.37. The number of hydrogen-bond acceptors (Lipinski definition) is 0. The van der Waals surface area contributed by atoms with E-state index in [9.17, 15) is 0 Å². The molecule has 0 aliphatic rings. The molecule has 0 heteroatoms. The van der Waals surface area contributed by atoms with Crippen LogP contribution in [0.5, 0.6) is 0 Å². The van der Waals surface area contributed by atoms with Crippen molar-refractivity contribution in [3.63, 3.8) is 0 Å². The summed E-state index contributed by atoms with van der Waals surface area (Å²) in [6.07, 6.45) is 48.5. The molecule has 0 atom stereocenters. The lowest BCUT2D eigenvalue weighted by Gasteiger charge is -2.11. The quantitative estimate of drug-likeness (QED) is 0.0695. The first kappa shape index (κ1) is 40.2.